The van der Waals surface area contributed by atoms with Crippen LogP contribution in [-0.4, -0.2) is 27.5 Å². The summed E-state index contributed by atoms with van der Waals surface area (Å²) in [5.41, 5.74) is 1.07. The second-order valence-corrected chi connectivity index (χ2v) is 5.62. The highest BCUT2D eigenvalue weighted by molar-refractivity contribution is 6.30. The second kappa shape index (κ2) is 6.26. The summed E-state index contributed by atoms with van der Waals surface area (Å²) in [6.45, 7) is 1.18. The van der Waals surface area contributed by atoms with Gasteiger partial charge in [0.2, 0.25) is 11.8 Å². The Kier molecular flexibility index (Phi) is 4.20. The van der Waals surface area contributed by atoms with Crippen LogP contribution in [0.5, 0.6) is 0 Å². The molecule has 1 aliphatic heterocycles. The molecular weight excluding hydrogens is 290 g/mol. The molecule has 110 valence electrons. The van der Waals surface area contributed by atoms with Gasteiger partial charge in [0, 0.05) is 24.4 Å². The van der Waals surface area contributed by atoms with E-state index in [9.17, 15) is 4.79 Å². The molecule has 0 saturated carbocycles. The average molecular weight is 306 g/mol. The van der Waals surface area contributed by atoms with E-state index in [0.29, 0.717) is 36.1 Å². The lowest BCUT2D eigenvalue weighted by atomic mass is 10.1. The maximum atomic E-state index is 11.8. The lowest BCUT2D eigenvalue weighted by Gasteiger charge is -2.24. The summed E-state index contributed by atoms with van der Waals surface area (Å²) in [5.74, 6) is 1.28. The number of amides is 1. The molecule has 0 N–H and O–H groups in total. The quantitative estimate of drug-likeness (QED) is 0.871. The van der Waals surface area contributed by atoms with Gasteiger partial charge in [0.05, 0.1) is 6.54 Å². The number of rotatable bonds is 4. The number of hydrogen-bond acceptors (Lipinski definition) is 4. The van der Waals surface area contributed by atoms with Gasteiger partial charge in [-0.2, -0.15) is 4.98 Å². The Bertz CT molecular complexity index is 624. The van der Waals surface area contributed by atoms with E-state index in [4.69, 9.17) is 16.1 Å². The minimum Gasteiger partial charge on any atom is -0.337 e. The van der Waals surface area contributed by atoms with E-state index in [1.165, 1.54) is 0 Å². The molecule has 5 nitrogen and oxygen atoms in total. The van der Waals surface area contributed by atoms with Crippen LogP contribution in [0, 0.1) is 0 Å². The molecule has 1 aromatic carbocycles. The van der Waals surface area contributed by atoms with Gasteiger partial charge in [-0.05, 0) is 30.5 Å². The Balaban J connectivity index is 1.63. The zero-order valence-corrected chi connectivity index (χ0v) is 12.3. The van der Waals surface area contributed by atoms with Crippen LogP contribution >= 0.6 is 11.6 Å². The van der Waals surface area contributed by atoms with Gasteiger partial charge in [0.25, 0.3) is 0 Å². The smallest absolute Gasteiger partial charge is 0.246 e. The fraction of sp³-hybridized carbons (Fsp3) is 0.400. The number of carbonyl (C=O) groups is 1. The maximum absolute atomic E-state index is 11.8. The molecule has 0 spiro atoms. The third-order valence-electron chi connectivity index (χ3n) is 3.53. The Hall–Kier alpha value is -1.88. The van der Waals surface area contributed by atoms with Crippen molar-refractivity contribution in [3.05, 3.63) is 46.6 Å². The summed E-state index contributed by atoms with van der Waals surface area (Å²) in [6, 6.07) is 7.55. The highest BCUT2D eigenvalue weighted by Crippen LogP contribution is 2.15. The van der Waals surface area contributed by atoms with Crippen molar-refractivity contribution >= 4 is 17.5 Å². The molecule has 0 unspecified atom stereocenters. The normalized spacial score (nSPS) is 15.5. The molecule has 1 amide bonds. The molecule has 1 aliphatic rings. The van der Waals surface area contributed by atoms with Gasteiger partial charge in [-0.15, -0.1) is 0 Å². The molecule has 2 aromatic rings. The Morgan fingerprint density at radius 3 is 2.81 bits per heavy atom. The van der Waals surface area contributed by atoms with Crippen LogP contribution in [0.25, 0.3) is 0 Å². The largest absolute Gasteiger partial charge is 0.337 e. The summed E-state index contributed by atoms with van der Waals surface area (Å²) >= 11 is 5.85. The van der Waals surface area contributed by atoms with E-state index in [0.717, 1.165) is 24.9 Å². The highest BCUT2D eigenvalue weighted by Gasteiger charge is 2.20. The minimum absolute atomic E-state index is 0.165. The summed E-state index contributed by atoms with van der Waals surface area (Å²) in [4.78, 5) is 17.9. The van der Waals surface area contributed by atoms with Crippen LogP contribution in [0.2, 0.25) is 5.02 Å². The predicted molar refractivity (Wildman–Crippen MR) is 77.8 cm³/mol. The molecule has 0 radical (unpaired) electrons. The second-order valence-electron chi connectivity index (χ2n) is 5.18. The predicted octanol–water partition coefficient (Wildman–Crippen LogP) is 2.83. The van der Waals surface area contributed by atoms with Crippen molar-refractivity contribution in [3.8, 4) is 0 Å². The van der Waals surface area contributed by atoms with Crippen LogP contribution in [0.4, 0.5) is 0 Å². The zero-order chi connectivity index (χ0) is 14.7. The van der Waals surface area contributed by atoms with Crippen LogP contribution in [0.1, 0.15) is 36.5 Å². The summed E-state index contributed by atoms with van der Waals surface area (Å²) in [5, 5.41) is 4.67. The molecule has 1 saturated heterocycles. The van der Waals surface area contributed by atoms with Gasteiger partial charge < -0.3 is 9.42 Å². The lowest BCUT2D eigenvalue weighted by Crippen LogP contribution is -2.34. The molecule has 1 aromatic heterocycles. The van der Waals surface area contributed by atoms with Crippen LogP contribution in [0.3, 0.4) is 0 Å². The number of likely N-dealkylation sites (tertiary alicyclic amines) is 1. The van der Waals surface area contributed by atoms with Crippen molar-refractivity contribution in [2.75, 3.05) is 6.54 Å². The fourth-order valence-corrected chi connectivity index (χ4v) is 2.53. The number of aromatic nitrogens is 2. The van der Waals surface area contributed by atoms with Crippen LogP contribution in [0.15, 0.2) is 28.8 Å². The molecule has 0 aliphatic carbocycles. The molecule has 6 heteroatoms. The van der Waals surface area contributed by atoms with Crippen molar-refractivity contribution < 1.29 is 9.32 Å². The van der Waals surface area contributed by atoms with E-state index in [1.807, 2.05) is 24.3 Å². The van der Waals surface area contributed by atoms with Gasteiger partial charge >= 0.3 is 0 Å². The van der Waals surface area contributed by atoms with E-state index in [-0.39, 0.29) is 5.91 Å². The first-order valence-electron chi connectivity index (χ1n) is 7.04. The molecule has 1 fully saturated rings. The SMILES string of the molecule is O=C1CCCCN1Cc1nc(Cc2ccc(Cl)cc2)no1. The number of benzene rings is 1. The van der Waals surface area contributed by atoms with E-state index >= 15 is 0 Å². The Morgan fingerprint density at radius 1 is 1.24 bits per heavy atom. The molecule has 2 heterocycles. The molecular formula is C15H16ClN3O2. The van der Waals surface area contributed by atoms with Crippen molar-refractivity contribution in [1.82, 2.24) is 15.0 Å². The Labute approximate surface area is 127 Å². The first-order chi connectivity index (χ1) is 10.2. The molecule has 0 bridgehead atoms. The molecule has 0 atom stereocenters. The first kappa shape index (κ1) is 14.1. The van der Waals surface area contributed by atoms with E-state index in [1.54, 1.807) is 4.90 Å². The summed E-state index contributed by atoms with van der Waals surface area (Å²) in [6.07, 6.45) is 3.22. The zero-order valence-electron chi connectivity index (χ0n) is 11.6. The monoisotopic (exact) mass is 305 g/mol. The number of nitrogens with zero attached hydrogens (tertiary/aromatic N) is 3. The number of halogens is 1. The molecule has 3 rings (SSSR count). The van der Waals surface area contributed by atoms with Gasteiger partial charge in [-0.1, -0.05) is 28.9 Å². The minimum atomic E-state index is 0.165. The standard InChI is InChI=1S/C15H16ClN3O2/c16-12-6-4-11(5-7-12)9-13-17-14(21-18-13)10-19-8-2-1-3-15(19)20/h4-7H,1-3,8-10H2. The summed E-state index contributed by atoms with van der Waals surface area (Å²) in [7, 11) is 0. The fourth-order valence-electron chi connectivity index (χ4n) is 2.40. The lowest BCUT2D eigenvalue weighted by molar-refractivity contribution is -0.134. The maximum Gasteiger partial charge on any atom is 0.246 e. The van der Waals surface area contributed by atoms with Crippen LogP contribution in [-0.2, 0) is 17.8 Å². The van der Waals surface area contributed by atoms with Gasteiger partial charge in [0.1, 0.15) is 0 Å². The third kappa shape index (κ3) is 3.61. The number of piperidine rings is 1. The van der Waals surface area contributed by atoms with Crippen LogP contribution < -0.4 is 0 Å². The summed E-state index contributed by atoms with van der Waals surface area (Å²) < 4.78 is 5.23. The van der Waals surface area contributed by atoms with Crippen molar-refractivity contribution in [2.24, 2.45) is 0 Å². The highest BCUT2D eigenvalue weighted by atomic mass is 35.5. The number of carbonyl (C=O) groups excluding carboxylic acids is 1. The van der Waals surface area contributed by atoms with Crippen molar-refractivity contribution in [1.29, 1.82) is 0 Å². The number of hydrogen-bond donors (Lipinski definition) is 0. The van der Waals surface area contributed by atoms with E-state index in [2.05, 4.69) is 10.1 Å². The van der Waals surface area contributed by atoms with Crippen molar-refractivity contribution in [3.63, 3.8) is 0 Å². The first-order valence-corrected chi connectivity index (χ1v) is 7.42. The van der Waals surface area contributed by atoms with E-state index < -0.39 is 0 Å². The molecule has 21 heavy (non-hydrogen) atoms. The van der Waals surface area contributed by atoms with Gasteiger partial charge in [0.15, 0.2) is 5.82 Å². The van der Waals surface area contributed by atoms with Gasteiger partial charge in [-0.3, -0.25) is 4.79 Å². The van der Waals surface area contributed by atoms with Crippen molar-refractivity contribution in [2.45, 2.75) is 32.2 Å². The Morgan fingerprint density at radius 2 is 2.05 bits per heavy atom. The van der Waals surface area contributed by atoms with Gasteiger partial charge in [-0.25, -0.2) is 0 Å². The third-order valence-corrected chi connectivity index (χ3v) is 3.79. The topological polar surface area (TPSA) is 59.2 Å². The average Bonchev–Trinajstić information content (AvgIpc) is 2.91.